The lowest BCUT2D eigenvalue weighted by Gasteiger charge is -2.03. The van der Waals surface area contributed by atoms with Crippen molar-refractivity contribution in [3.63, 3.8) is 0 Å². The lowest BCUT2D eigenvalue weighted by atomic mass is 10.1. The molecule has 0 aliphatic heterocycles. The van der Waals surface area contributed by atoms with Crippen LogP contribution >= 0.6 is 0 Å². The van der Waals surface area contributed by atoms with Gasteiger partial charge in [-0.05, 0) is 31.5 Å². The first-order valence-electron chi connectivity index (χ1n) is 4.38. The van der Waals surface area contributed by atoms with Crippen LogP contribution in [0.4, 0.5) is 4.39 Å². The van der Waals surface area contributed by atoms with Gasteiger partial charge in [0.1, 0.15) is 5.82 Å². The van der Waals surface area contributed by atoms with E-state index in [1.54, 1.807) is 13.8 Å². The molecule has 1 aromatic carbocycles. The highest BCUT2D eigenvalue weighted by molar-refractivity contribution is 5.81. The Balaban J connectivity index is 3.02. The summed E-state index contributed by atoms with van der Waals surface area (Å²) in [6.45, 7) is 3.51. The molecule has 0 saturated heterocycles. The number of H-pyrrole nitrogens is 1. The van der Waals surface area contributed by atoms with Crippen molar-refractivity contribution in [2.24, 2.45) is 0 Å². The first-order chi connectivity index (χ1) is 6.58. The van der Waals surface area contributed by atoms with E-state index in [0.717, 1.165) is 5.69 Å². The van der Waals surface area contributed by atoms with Gasteiger partial charge in [0.2, 0.25) is 0 Å². The second-order valence-corrected chi connectivity index (χ2v) is 3.46. The van der Waals surface area contributed by atoms with Crippen LogP contribution in [0.3, 0.4) is 0 Å². The lowest BCUT2D eigenvalue weighted by molar-refractivity contribution is 0.628. The zero-order valence-electron chi connectivity index (χ0n) is 8.02. The Morgan fingerprint density at radius 1 is 1.21 bits per heavy atom. The lowest BCUT2D eigenvalue weighted by Crippen LogP contribution is -2.05. The Hall–Kier alpha value is -1.64. The van der Waals surface area contributed by atoms with E-state index in [-0.39, 0.29) is 11.2 Å². The van der Waals surface area contributed by atoms with E-state index in [4.69, 9.17) is 0 Å². The molecule has 2 nitrogen and oxygen atoms in total. The predicted octanol–water partition coefficient (Wildman–Crippen LogP) is 2.28. The van der Waals surface area contributed by atoms with Crippen molar-refractivity contribution >= 4 is 10.9 Å². The van der Waals surface area contributed by atoms with Crippen LogP contribution in [0.1, 0.15) is 11.3 Å². The van der Waals surface area contributed by atoms with Gasteiger partial charge in [-0.1, -0.05) is 0 Å². The monoisotopic (exact) mass is 191 g/mol. The Labute approximate surface area is 80.4 Å². The Kier molecular flexibility index (Phi) is 1.88. The van der Waals surface area contributed by atoms with Crippen LogP contribution in [0.2, 0.25) is 0 Å². The van der Waals surface area contributed by atoms with Gasteiger partial charge in [0.15, 0.2) is 5.43 Å². The van der Waals surface area contributed by atoms with Gasteiger partial charge in [0, 0.05) is 17.1 Å². The molecule has 0 atom stereocenters. The van der Waals surface area contributed by atoms with E-state index < -0.39 is 0 Å². The molecular weight excluding hydrogens is 181 g/mol. The summed E-state index contributed by atoms with van der Waals surface area (Å²) >= 11 is 0. The highest BCUT2D eigenvalue weighted by Crippen LogP contribution is 2.14. The zero-order chi connectivity index (χ0) is 10.3. The summed E-state index contributed by atoms with van der Waals surface area (Å²) in [4.78, 5) is 14.6. The normalized spacial score (nSPS) is 10.8. The van der Waals surface area contributed by atoms with Gasteiger partial charge in [0.05, 0.1) is 5.52 Å². The third kappa shape index (κ3) is 1.31. The van der Waals surface area contributed by atoms with Gasteiger partial charge < -0.3 is 4.98 Å². The second-order valence-electron chi connectivity index (χ2n) is 3.46. The summed E-state index contributed by atoms with van der Waals surface area (Å²) in [5, 5.41) is 0.567. The maximum Gasteiger partial charge on any atom is 0.189 e. The van der Waals surface area contributed by atoms with Gasteiger partial charge in [0.25, 0.3) is 0 Å². The van der Waals surface area contributed by atoms with Gasteiger partial charge in [-0.25, -0.2) is 4.39 Å². The summed E-state index contributed by atoms with van der Waals surface area (Å²) in [5.74, 6) is -0.323. The molecule has 0 bridgehead atoms. The van der Waals surface area contributed by atoms with Crippen molar-refractivity contribution in [1.82, 2.24) is 4.98 Å². The van der Waals surface area contributed by atoms with Gasteiger partial charge in [-0.2, -0.15) is 0 Å². The van der Waals surface area contributed by atoms with Gasteiger partial charge in [-0.15, -0.1) is 0 Å². The smallest absolute Gasteiger partial charge is 0.189 e. The number of nitrogens with one attached hydrogen (secondary N) is 1. The molecule has 14 heavy (non-hydrogen) atoms. The minimum atomic E-state index is -0.323. The Bertz CT molecular complexity index is 552. The predicted molar refractivity (Wildman–Crippen MR) is 54.0 cm³/mol. The fraction of sp³-hybridized carbons (Fsp3) is 0.182. The summed E-state index contributed by atoms with van der Waals surface area (Å²) < 4.78 is 13.0. The summed E-state index contributed by atoms with van der Waals surface area (Å²) in [6, 6.07) is 4.23. The topological polar surface area (TPSA) is 32.9 Å². The van der Waals surface area contributed by atoms with Crippen LogP contribution in [0.25, 0.3) is 10.9 Å². The maximum absolute atomic E-state index is 13.0. The van der Waals surface area contributed by atoms with Crippen molar-refractivity contribution in [3.8, 4) is 0 Å². The quantitative estimate of drug-likeness (QED) is 0.680. The molecule has 1 N–H and O–H groups in total. The molecule has 0 aliphatic carbocycles. The van der Waals surface area contributed by atoms with E-state index in [0.29, 0.717) is 16.5 Å². The van der Waals surface area contributed by atoms with Crippen molar-refractivity contribution in [2.75, 3.05) is 0 Å². The summed E-state index contributed by atoms with van der Waals surface area (Å²) in [7, 11) is 0. The first kappa shape index (κ1) is 8.94. The second kappa shape index (κ2) is 2.94. The third-order valence-electron chi connectivity index (χ3n) is 2.23. The highest BCUT2D eigenvalue weighted by atomic mass is 19.1. The first-order valence-corrected chi connectivity index (χ1v) is 4.38. The molecule has 3 heteroatoms. The summed E-state index contributed by atoms with van der Waals surface area (Å²) in [6.07, 6.45) is 0. The van der Waals surface area contributed by atoms with Gasteiger partial charge >= 0.3 is 0 Å². The van der Waals surface area contributed by atoms with Crippen molar-refractivity contribution in [1.29, 1.82) is 0 Å². The van der Waals surface area contributed by atoms with Crippen molar-refractivity contribution in [3.05, 3.63) is 45.5 Å². The molecule has 0 radical (unpaired) electrons. The number of aryl methyl sites for hydroxylation is 2. The molecule has 0 unspecified atom stereocenters. The van der Waals surface area contributed by atoms with Crippen LogP contribution in [0.15, 0.2) is 23.0 Å². The van der Waals surface area contributed by atoms with E-state index in [1.807, 2.05) is 0 Å². The summed E-state index contributed by atoms with van der Waals surface area (Å²) in [5.41, 5.74) is 1.91. The average molecular weight is 191 g/mol. The Morgan fingerprint density at radius 2 is 1.93 bits per heavy atom. The number of hydrogen-bond donors (Lipinski definition) is 1. The van der Waals surface area contributed by atoms with Crippen molar-refractivity contribution in [2.45, 2.75) is 13.8 Å². The largest absolute Gasteiger partial charge is 0.358 e. The molecule has 0 saturated carbocycles. The molecule has 2 rings (SSSR count). The van der Waals surface area contributed by atoms with Crippen LogP contribution in [0, 0.1) is 19.7 Å². The minimum Gasteiger partial charge on any atom is -0.358 e. The van der Waals surface area contributed by atoms with Crippen LogP contribution < -0.4 is 5.43 Å². The van der Waals surface area contributed by atoms with Crippen LogP contribution in [-0.2, 0) is 0 Å². The number of benzene rings is 1. The fourth-order valence-corrected chi connectivity index (χ4v) is 1.69. The van der Waals surface area contributed by atoms with E-state index >= 15 is 0 Å². The Morgan fingerprint density at radius 3 is 2.64 bits per heavy atom. The average Bonchev–Trinajstić information content (AvgIpc) is 1.99. The molecule has 1 heterocycles. The molecular formula is C11H10FNO. The maximum atomic E-state index is 13.0. The molecule has 2 aromatic rings. The number of halogens is 1. The number of fused-ring (bicyclic) bond motifs is 1. The van der Waals surface area contributed by atoms with Crippen LogP contribution in [0.5, 0.6) is 0 Å². The van der Waals surface area contributed by atoms with Gasteiger partial charge in [-0.3, -0.25) is 4.79 Å². The van der Waals surface area contributed by atoms with Crippen molar-refractivity contribution < 1.29 is 4.39 Å². The number of aromatic nitrogens is 1. The molecule has 0 aliphatic rings. The molecule has 1 aromatic heterocycles. The SMILES string of the molecule is Cc1cc(=O)c2c(C)cc(F)cc2[nH]1. The minimum absolute atomic E-state index is 0.0613. The zero-order valence-corrected chi connectivity index (χ0v) is 8.02. The number of aromatic amines is 1. The molecule has 0 fully saturated rings. The number of rotatable bonds is 0. The molecule has 0 spiro atoms. The van der Waals surface area contributed by atoms with E-state index in [1.165, 1.54) is 18.2 Å². The number of pyridine rings is 1. The van der Waals surface area contributed by atoms with E-state index in [9.17, 15) is 9.18 Å². The fourth-order valence-electron chi connectivity index (χ4n) is 1.69. The van der Waals surface area contributed by atoms with Crippen LogP contribution in [-0.4, -0.2) is 4.98 Å². The number of hydrogen-bond acceptors (Lipinski definition) is 1. The highest BCUT2D eigenvalue weighted by Gasteiger charge is 2.04. The third-order valence-corrected chi connectivity index (χ3v) is 2.23. The van der Waals surface area contributed by atoms with E-state index in [2.05, 4.69) is 4.98 Å². The standard InChI is InChI=1S/C11H10FNO/c1-6-3-8(12)5-9-11(6)10(14)4-7(2)13-9/h3-5H,1-2H3,(H,13,14). The molecule has 72 valence electrons. The molecule has 0 amide bonds.